The van der Waals surface area contributed by atoms with Crippen LogP contribution in [0.15, 0.2) is 12.1 Å². The number of likely N-dealkylation sites (N-methyl/N-ethyl adjacent to an activating group) is 1. The first-order chi connectivity index (χ1) is 12.5. The van der Waals surface area contributed by atoms with Gasteiger partial charge in [0.1, 0.15) is 0 Å². The second kappa shape index (κ2) is 8.16. The molecule has 27 heavy (non-hydrogen) atoms. The van der Waals surface area contributed by atoms with Gasteiger partial charge in [-0.05, 0) is 25.2 Å². The van der Waals surface area contributed by atoms with E-state index in [2.05, 4.69) is 50.7 Å². The Balaban J connectivity index is 2.39. The number of nitrogens with zero attached hydrogens (tertiary/aromatic N) is 3. The third kappa shape index (κ3) is 5.00. The summed E-state index contributed by atoms with van der Waals surface area (Å²) in [5.74, 6) is 0.296. The molecule has 0 bridgehead atoms. The highest BCUT2D eigenvalue weighted by molar-refractivity contribution is 6.74. The lowest BCUT2D eigenvalue weighted by atomic mass is 10.1. The lowest BCUT2D eigenvalue weighted by Crippen LogP contribution is -2.45. The zero-order valence-electron chi connectivity index (χ0n) is 17.7. The van der Waals surface area contributed by atoms with Gasteiger partial charge in [-0.15, -0.1) is 0 Å². The lowest BCUT2D eigenvalue weighted by molar-refractivity contribution is -0.385. The van der Waals surface area contributed by atoms with Crippen molar-refractivity contribution in [1.82, 2.24) is 4.90 Å². The first-order valence-corrected chi connectivity index (χ1v) is 12.3. The molecular formula is C19H33N3O4Si. The van der Waals surface area contributed by atoms with Crippen LogP contribution < -0.4 is 9.64 Å². The Morgan fingerprint density at radius 2 is 1.78 bits per heavy atom. The molecular weight excluding hydrogens is 362 g/mol. The molecule has 8 heteroatoms. The highest BCUT2D eigenvalue weighted by atomic mass is 28.4. The van der Waals surface area contributed by atoms with Crippen LogP contribution >= 0.6 is 0 Å². The van der Waals surface area contributed by atoms with E-state index < -0.39 is 8.32 Å². The zero-order chi connectivity index (χ0) is 20.4. The Morgan fingerprint density at radius 3 is 2.26 bits per heavy atom. The number of hydrogen-bond acceptors (Lipinski definition) is 6. The highest BCUT2D eigenvalue weighted by Crippen LogP contribution is 2.40. The molecule has 0 atom stereocenters. The lowest BCUT2D eigenvalue weighted by Gasteiger charge is -2.38. The van der Waals surface area contributed by atoms with Crippen molar-refractivity contribution in [2.75, 3.05) is 45.2 Å². The van der Waals surface area contributed by atoms with Gasteiger partial charge >= 0.3 is 5.69 Å². The molecule has 1 aromatic carbocycles. The van der Waals surface area contributed by atoms with Crippen LogP contribution in [-0.4, -0.2) is 58.5 Å². The summed E-state index contributed by atoms with van der Waals surface area (Å²) < 4.78 is 11.7. The van der Waals surface area contributed by atoms with Gasteiger partial charge in [0.15, 0.2) is 14.1 Å². The molecule has 0 radical (unpaired) electrons. The van der Waals surface area contributed by atoms with E-state index in [9.17, 15) is 10.1 Å². The second-order valence-electron chi connectivity index (χ2n) is 8.75. The van der Waals surface area contributed by atoms with E-state index >= 15 is 0 Å². The number of methoxy groups -OCH3 is 1. The summed E-state index contributed by atoms with van der Waals surface area (Å²) in [5, 5.41) is 11.6. The number of piperazine rings is 1. The molecule has 2 rings (SSSR count). The van der Waals surface area contributed by atoms with Crippen molar-refractivity contribution in [3.05, 3.63) is 27.8 Å². The van der Waals surface area contributed by atoms with E-state index in [-0.39, 0.29) is 15.6 Å². The molecule has 0 spiro atoms. The molecule has 0 saturated carbocycles. The maximum absolute atomic E-state index is 11.5. The highest BCUT2D eigenvalue weighted by Gasteiger charge is 2.37. The largest absolute Gasteiger partial charge is 0.490 e. The van der Waals surface area contributed by atoms with E-state index in [1.54, 1.807) is 12.1 Å². The summed E-state index contributed by atoms with van der Waals surface area (Å²) in [4.78, 5) is 15.7. The summed E-state index contributed by atoms with van der Waals surface area (Å²) in [6, 6.07) is 3.42. The average Bonchev–Trinajstić information content (AvgIpc) is 2.59. The normalized spacial score (nSPS) is 16.5. The summed E-state index contributed by atoms with van der Waals surface area (Å²) in [5.41, 5.74) is 1.82. The minimum Gasteiger partial charge on any atom is -0.490 e. The SMILES string of the molecule is COc1cc(N2CCN(C)CC2)c(CO[Si](C)(C)C(C)(C)C)cc1[N+](=O)[O-]. The molecule has 1 saturated heterocycles. The number of nitro groups is 1. The predicted octanol–water partition coefficient (Wildman–Crippen LogP) is 3.88. The van der Waals surface area contributed by atoms with E-state index in [1.807, 2.05) is 0 Å². The predicted molar refractivity (Wildman–Crippen MR) is 111 cm³/mol. The Bertz CT molecular complexity index is 680. The Kier molecular flexibility index (Phi) is 6.54. The van der Waals surface area contributed by atoms with Crippen molar-refractivity contribution < 1.29 is 14.1 Å². The number of anilines is 1. The molecule has 1 heterocycles. The smallest absolute Gasteiger partial charge is 0.311 e. The fourth-order valence-electron chi connectivity index (χ4n) is 2.84. The molecule has 0 aliphatic carbocycles. The van der Waals surface area contributed by atoms with Crippen molar-refractivity contribution in [2.45, 2.75) is 45.5 Å². The fraction of sp³-hybridized carbons (Fsp3) is 0.684. The second-order valence-corrected chi connectivity index (χ2v) is 13.6. The van der Waals surface area contributed by atoms with Crippen LogP contribution in [0, 0.1) is 10.1 Å². The molecule has 1 aromatic rings. The van der Waals surface area contributed by atoms with Gasteiger partial charge in [0.05, 0.1) is 18.6 Å². The van der Waals surface area contributed by atoms with Gasteiger partial charge in [-0.3, -0.25) is 10.1 Å². The van der Waals surface area contributed by atoms with Crippen LogP contribution in [0.25, 0.3) is 0 Å². The van der Waals surface area contributed by atoms with Crippen molar-refractivity contribution in [2.24, 2.45) is 0 Å². The standard InChI is InChI=1S/C19H33N3O4Si/c1-19(2,3)27(6,7)26-14-15-12-17(22(23)24)18(25-5)13-16(15)21-10-8-20(4)9-11-21/h12-13H,8-11,14H2,1-7H3. The Morgan fingerprint density at radius 1 is 1.19 bits per heavy atom. The number of rotatable bonds is 6. The first kappa shape index (κ1) is 21.7. The fourth-order valence-corrected chi connectivity index (χ4v) is 3.79. The molecule has 152 valence electrons. The number of hydrogen-bond donors (Lipinski definition) is 0. The van der Waals surface area contributed by atoms with Crippen LogP contribution in [0.1, 0.15) is 26.3 Å². The molecule has 1 aliphatic heterocycles. The third-order valence-corrected chi connectivity index (χ3v) is 10.3. The quantitative estimate of drug-likeness (QED) is 0.414. The van der Waals surface area contributed by atoms with E-state index in [0.29, 0.717) is 12.4 Å². The van der Waals surface area contributed by atoms with Gasteiger partial charge in [-0.2, -0.15) is 0 Å². The van der Waals surface area contributed by atoms with Crippen LogP contribution in [0.5, 0.6) is 5.75 Å². The number of nitro benzene ring substituents is 1. The van der Waals surface area contributed by atoms with Gasteiger partial charge in [0.25, 0.3) is 0 Å². The summed E-state index contributed by atoms with van der Waals surface area (Å²) >= 11 is 0. The zero-order valence-corrected chi connectivity index (χ0v) is 18.7. The topological polar surface area (TPSA) is 68.1 Å². The average molecular weight is 396 g/mol. The van der Waals surface area contributed by atoms with Gasteiger partial charge in [-0.1, -0.05) is 20.8 Å². The molecule has 0 aromatic heterocycles. The van der Waals surface area contributed by atoms with Crippen molar-refractivity contribution in [3.8, 4) is 5.75 Å². The van der Waals surface area contributed by atoms with Gasteiger partial charge < -0.3 is 19.0 Å². The van der Waals surface area contributed by atoms with Gasteiger partial charge in [0.2, 0.25) is 0 Å². The van der Waals surface area contributed by atoms with Crippen molar-refractivity contribution in [3.63, 3.8) is 0 Å². The van der Waals surface area contributed by atoms with Crippen LogP contribution in [0.2, 0.25) is 18.1 Å². The van der Waals surface area contributed by atoms with E-state index in [4.69, 9.17) is 9.16 Å². The molecule has 0 amide bonds. The number of benzene rings is 1. The molecule has 0 N–H and O–H groups in total. The summed E-state index contributed by atoms with van der Waals surface area (Å²) in [6.45, 7) is 15.0. The van der Waals surface area contributed by atoms with E-state index in [0.717, 1.165) is 37.4 Å². The maximum atomic E-state index is 11.5. The van der Waals surface area contributed by atoms with Gasteiger partial charge in [-0.25, -0.2) is 0 Å². The third-order valence-electron chi connectivity index (χ3n) is 5.82. The Hall–Kier alpha value is -1.64. The molecule has 1 aliphatic rings. The van der Waals surface area contributed by atoms with Crippen molar-refractivity contribution in [1.29, 1.82) is 0 Å². The monoisotopic (exact) mass is 395 g/mol. The molecule has 1 fully saturated rings. The van der Waals surface area contributed by atoms with Crippen molar-refractivity contribution >= 4 is 19.7 Å². The van der Waals surface area contributed by atoms with Crippen LogP contribution in [0.4, 0.5) is 11.4 Å². The first-order valence-electron chi connectivity index (χ1n) is 9.39. The van der Waals surface area contributed by atoms with Crippen LogP contribution in [-0.2, 0) is 11.0 Å². The molecule has 0 unspecified atom stereocenters. The van der Waals surface area contributed by atoms with E-state index in [1.165, 1.54) is 7.11 Å². The summed E-state index contributed by atoms with van der Waals surface area (Å²) in [7, 11) is 1.62. The minimum absolute atomic E-state index is 0.00999. The van der Waals surface area contributed by atoms with Crippen LogP contribution in [0.3, 0.4) is 0 Å². The maximum Gasteiger partial charge on any atom is 0.311 e. The minimum atomic E-state index is -1.97. The number of ether oxygens (including phenoxy) is 1. The summed E-state index contributed by atoms with van der Waals surface area (Å²) in [6.07, 6.45) is 0. The van der Waals surface area contributed by atoms with Gasteiger partial charge in [0, 0.05) is 49.6 Å². The molecule has 7 nitrogen and oxygen atoms in total. The Labute approximate surface area is 163 Å².